The summed E-state index contributed by atoms with van der Waals surface area (Å²) in [5, 5.41) is 36.4. The first-order chi connectivity index (χ1) is 20.6. The van der Waals surface area contributed by atoms with Gasteiger partial charge in [0.2, 0.25) is 5.91 Å². The fourth-order valence-corrected chi connectivity index (χ4v) is 5.40. The van der Waals surface area contributed by atoms with Gasteiger partial charge in [0.25, 0.3) is 5.91 Å². The fraction of sp³-hybridized carbons (Fsp3) is 0.344. The van der Waals surface area contributed by atoms with Crippen LogP contribution in [0.2, 0.25) is 0 Å². The number of pyridine rings is 1. The Labute approximate surface area is 249 Å². The molecule has 216 valence electrons. The first-order valence-corrected chi connectivity index (χ1v) is 14.2. The van der Waals surface area contributed by atoms with Crippen molar-refractivity contribution in [3.05, 3.63) is 76.2 Å². The van der Waals surface area contributed by atoms with Crippen LogP contribution in [-0.2, 0) is 11.3 Å². The molecule has 2 aromatic carbocycles. The number of anilines is 2. The number of benzene rings is 2. The highest BCUT2D eigenvalue weighted by molar-refractivity contribution is 6.08. The molecule has 0 radical (unpaired) electrons. The summed E-state index contributed by atoms with van der Waals surface area (Å²) >= 11 is 0. The zero-order valence-electron chi connectivity index (χ0n) is 24.5. The molecule has 2 aromatic heterocycles. The van der Waals surface area contributed by atoms with Gasteiger partial charge in [-0.3, -0.25) is 19.5 Å². The zero-order chi connectivity index (χ0) is 30.5. The lowest BCUT2D eigenvalue weighted by molar-refractivity contribution is -0.126. The Hall–Kier alpha value is -5.29. The number of nitriles is 2. The van der Waals surface area contributed by atoms with E-state index in [1.807, 2.05) is 35.1 Å². The van der Waals surface area contributed by atoms with Crippen molar-refractivity contribution in [2.75, 3.05) is 17.2 Å². The molecule has 1 aliphatic heterocycles. The van der Waals surface area contributed by atoms with Crippen LogP contribution in [0.3, 0.4) is 0 Å². The van der Waals surface area contributed by atoms with E-state index in [0.29, 0.717) is 62.8 Å². The van der Waals surface area contributed by atoms with Crippen molar-refractivity contribution in [1.29, 1.82) is 10.5 Å². The maximum absolute atomic E-state index is 13.5. The normalized spacial score (nSPS) is 15.1. The number of imide groups is 1. The van der Waals surface area contributed by atoms with Crippen molar-refractivity contribution >= 4 is 34.1 Å². The Morgan fingerprint density at radius 2 is 1.93 bits per heavy atom. The molecule has 3 heterocycles. The molecule has 1 fully saturated rings. The van der Waals surface area contributed by atoms with Crippen LogP contribution in [0.25, 0.3) is 10.9 Å². The molecule has 1 atom stereocenters. The van der Waals surface area contributed by atoms with E-state index in [-0.39, 0.29) is 23.8 Å². The molecule has 1 saturated carbocycles. The maximum atomic E-state index is 13.5. The lowest BCUT2D eigenvalue weighted by Gasteiger charge is -2.23. The molecule has 1 aliphatic carbocycles. The van der Waals surface area contributed by atoms with Gasteiger partial charge in [0.15, 0.2) is 0 Å². The molecule has 2 aliphatic rings. The van der Waals surface area contributed by atoms with Gasteiger partial charge in [-0.25, -0.2) is 4.68 Å². The molecule has 2 N–H and O–H groups in total. The van der Waals surface area contributed by atoms with E-state index in [0.717, 1.165) is 18.4 Å². The lowest BCUT2D eigenvalue weighted by Crippen LogP contribution is -2.29. The Morgan fingerprint density at radius 3 is 2.60 bits per heavy atom. The van der Waals surface area contributed by atoms with Gasteiger partial charge in [-0.1, -0.05) is 44.2 Å². The highest BCUT2D eigenvalue weighted by Gasteiger charge is 2.36. The highest BCUT2D eigenvalue weighted by Crippen LogP contribution is 2.39. The summed E-state index contributed by atoms with van der Waals surface area (Å²) in [6.07, 6.45) is 5.43. The number of nitrogens with zero attached hydrogens (tertiary/aromatic N) is 7. The minimum absolute atomic E-state index is 0.0668. The predicted octanol–water partition coefficient (Wildman–Crippen LogP) is 5.07. The van der Waals surface area contributed by atoms with E-state index in [9.17, 15) is 20.1 Å². The molecule has 0 bridgehead atoms. The van der Waals surface area contributed by atoms with Gasteiger partial charge >= 0.3 is 0 Å². The first kappa shape index (κ1) is 27.9. The Balaban J connectivity index is 1.50. The minimum atomic E-state index is -0.625. The van der Waals surface area contributed by atoms with Crippen LogP contribution in [-0.4, -0.2) is 43.2 Å². The summed E-state index contributed by atoms with van der Waals surface area (Å²) in [5.41, 5.74) is 4.77. The van der Waals surface area contributed by atoms with Crippen LogP contribution in [0.4, 0.5) is 11.4 Å². The summed E-state index contributed by atoms with van der Waals surface area (Å²) in [7, 11) is 0. The zero-order valence-corrected chi connectivity index (χ0v) is 24.5. The quantitative estimate of drug-likeness (QED) is 0.309. The van der Waals surface area contributed by atoms with Crippen molar-refractivity contribution in [2.45, 2.75) is 59.2 Å². The molecule has 11 nitrogen and oxygen atoms in total. The fourth-order valence-electron chi connectivity index (χ4n) is 5.40. The molecule has 0 saturated heterocycles. The molecule has 11 heteroatoms. The summed E-state index contributed by atoms with van der Waals surface area (Å²) in [6.45, 7) is 8.46. The van der Waals surface area contributed by atoms with Gasteiger partial charge in [-0.05, 0) is 41.5 Å². The molecular weight excluding hydrogens is 542 g/mol. The van der Waals surface area contributed by atoms with Crippen molar-refractivity contribution in [3.8, 4) is 12.1 Å². The number of amides is 2. The average Bonchev–Trinajstić information content (AvgIpc) is 3.61. The van der Waals surface area contributed by atoms with E-state index in [2.05, 4.69) is 58.8 Å². The monoisotopic (exact) mass is 573 g/mol. The van der Waals surface area contributed by atoms with E-state index < -0.39 is 6.04 Å². The van der Waals surface area contributed by atoms with Crippen molar-refractivity contribution in [3.63, 3.8) is 0 Å². The van der Waals surface area contributed by atoms with E-state index in [1.54, 1.807) is 6.07 Å². The maximum Gasteiger partial charge on any atom is 0.261 e. The van der Waals surface area contributed by atoms with Crippen LogP contribution in [0.5, 0.6) is 0 Å². The predicted molar refractivity (Wildman–Crippen MR) is 160 cm³/mol. The molecule has 4 aromatic rings. The van der Waals surface area contributed by atoms with Gasteiger partial charge in [-0.15, -0.1) is 5.10 Å². The Bertz CT molecular complexity index is 1870. The van der Waals surface area contributed by atoms with E-state index in [1.165, 1.54) is 18.0 Å². The lowest BCUT2D eigenvalue weighted by atomic mass is 9.94. The molecule has 43 heavy (non-hydrogen) atoms. The van der Waals surface area contributed by atoms with Crippen molar-refractivity contribution in [2.24, 2.45) is 5.41 Å². The number of rotatable bonds is 7. The van der Waals surface area contributed by atoms with Crippen molar-refractivity contribution < 1.29 is 9.59 Å². The number of nitrogens with one attached hydrogen (secondary N) is 2. The van der Waals surface area contributed by atoms with Gasteiger partial charge < -0.3 is 10.6 Å². The van der Waals surface area contributed by atoms with Crippen LogP contribution in [0, 0.1) is 28.1 Å². The number of fused-ring (bicyclic) bond motifs is 2. The number of hydrogen-bond donors (Lipinski definition) is 2. The smallest absolute Gasteiger partial charge is 0.261 e. The Kier molecular flexibility index (Phi) is 6.82. The number of carbonyl (C=O) groups is 2. The summed E-state index contributed by atoms with van der Waals surface area (Å²) in [6, 6.07) is 13.3. The molecule has 2 amide bonds. The third kappa shape index (κ3) is 5.26. The highest BCUT2D eigenvalue weighted by atomic mass is 16.2. The molecule has 0 spiro atoms. The molecular formula is C32H31N9O2. The third-order valence-corrected chi connectivity index (χ3v) is 7.73. The van der Waals surface area contributed by atoms with Crippen LogP contribution in [0.1, 0.15) is 90.9 Å². The second-order valence-electron chi connectivity index (χ2n) is 12.3. The molecule has 6 rings (SSSR count). The average molecular weight is 574 g/mol. The van der Waals surface area contributed by atoms with Gasteiger partial charge in [0.05, 0.1) is 52.7 Å². The second-order valence-corrected chi connectivity index (χ2v) is 12.3. The van der Waals surface area contributed by atoms with E-state index in [4.69, 9.17) is 0 Å². The first-order valence-electron chi connectivity index (χ1n) is 14.2. The van der Waals surface area contributed by atoms with Crippen LogP contribution >= 0.6 is 0 Å². The van der Waals surface area contributed by atoms with Gasteiger partial charge in [0, 0.05) is 30.7 Å². The Morgan fingerprint density at radius 1 is 1.16 bits per heavy atom. The summed E-state index contributed by atoms with van der Waals surface area (Å²) < 4.78 is 1.84. The molecule has 1 unspecified atom stereocenters. The largest absolute Gasteiger partial charge is 0.383 e. The topological polar surface area (TPSA) is 153 Å². The third-order valence-electron chi connectivity index (χ3n) is 7.73. The number of hydrogen-bond acceptors (Lipinski definition) is 9. The number of carbonyl (C=O) groups excluding carboxylic acids is 2. The van der Waals surface area contributed by atoms with Crippen LogP contribution < -0.4 is 10.6 Å². The van der Waals surface area contributed by atoms with Gasteiger partial charge in [0.1, 0.15) is 17.8 Å². The van der Waals surface area contributed by atoms with Gasteiger partial charge in [-0.2, -0.15) is 10.5 Å². The second kappa shape index (κ2) is 10.5. The number of aromatic nitrogens is 4. The summed E-state index contributed by atoms with van der Waals surface area (Å²) in [5.74, 6) is -0.673. The van der Waals surface area contributed by atoms with Crippen LogP contribution in [0.15, 0.2) is 42.7 Å². The SMILES string of the molecule is CC(=O)N1Cc2cccc(C(Nc3cc(C#N)c4ncc(C#N)c(NCC(C)(C)C)c4c3)c3cn(C4CC4)nn3)c2C1=O. The minimum Gasteiger partial charge on any atom is -0.383 e. The summed E-state index contributed by atoms with van der Waals surface area (Å²) in [4.78, 5) is 31.4. The standard InChI is InChI=1S/C32H31N9O2/c1-18(42)40-15-19-6-5-7-24(27(19)31(40)43)30(26-16-41(39-38-26)23-8-9-23)37-22-10-20(12-33)28-25(11-22)29(21(13-34)14-35-28)36-17-32(2,3)4/h5-7,10-11,14,16,23,30,37H,8-9,15,17H2,1-4H3,(H,35,36). The van der Waals surface area contributed by atoms with E-state index >= 15 is 0 Å². The van der Waals surface area contributed by atoms with Crippen molar-refractivity contribution in [1.82, 2.24) is 24.9 Å².